The molecular weight excluding hydrogens is 254 g/mol. The van der Waals surface area contributed by atoms with Crippen molar-refractivity contribution >= 4 is 15.9 Å². The van der Waals surface area contributed by atoms with E-state index >= 15 is 0 Å². The topological polar surface area (TPSA) is 43.8 Å². The Kier molecular flexibility index (Phi) is 2.02. The first-order chi connectivity index (χ1) is 7.10. The maximum Gasteiger partial charge on any atom is 0.110 e. The zero-order chi connectivity index (χ0) is 10.6. The zero-order valence-electron chi connectivity index (χ0n) is 8.96. The Morgan fingerprint density at radius 2 is 2.27 bits per heavy atom. The van der Waals surface area contributed by atoms with Crippen molar-refractivity contribution in [2.75, 3.05) is 0 Å². The molecule has 0 saturated heterocycles. The molecule has 2 aliphatic rings. The average Bonchev–Trinajstić information content (AvgIpc) is 2.90. The molecule has 3 nitrogen and oxygen atoms in total. The number of aromatic nitrogens is 2. The van der Waals surface area contributed by atoms with Gasteiger partial charge in [-0.05, 0) is 48.0 Å². The lowest BCUT2D eigenvalue weighted by atomic mass is 9.88. The summed E-state index contributed by atoms with van der Waals surface area (Å²) in [5, 5.41) is 0. The first-order valence-corrected chi connectivity index (χ1v) is 6.40. The van der Waals surface area contributed by atoms with Crippen LogP contribution in [-0.4, -0.2) is 15.1 Å². The van der Waals surface area contributed by atoms with Crippen molar-refractivity contribution in [1.29, 1.82) is 0 Å². The van der Waals surface area contributed by atoms with Crippen molar-refractivity contribution in [2.24, 2.45) is 11.7 Å². The standard InChI is InChI=1S/C11H16BrN3/c1-7-10(12)15-5-2-8(6-9(15)14-7)11(13)3-4-11/h8H,2-6,13H2,1H3. The number of hydrogen-bond donors (Lipinski definition) is 1. The molecule has 1 aromatic heterocycles. The lowest BCUT2D eigenvalue weighted by molar-refractivity contribution is 0.310. The fourth-order valence-corrected chi connectivity index (χ4v) is 3.11. The number of nitrogens with zero attached hydrogens (tertiary/aromatic N) is 2. The minimum atomic E-state index is 0.150. The van der Waals surface area contributed by atoms with Crippen molar-refractivity contribution < 1.29 is 0 Å². The second-order valence-electron chi connectivity index (χ2n) is 4.98. The third-order valence-electron chi connectivity index (χ3n) is 3.91. The van der Waals surface area contributed by atoms with E-state index in [1.165, 1.54) is 25.1 Å². The van der Waals surface area contributed by atoms with Crippen LogP contribution in [0.3, 0.4) is 0 Å². The van der Waals surface area contributed by atoms with Crippen LogP contribution < -0.4 is 5.73 Å². The number of nitrogens with two attached hydrogens (primary N) is 1. The van der Waals surface area contributed by atoms with Crippen LogP contribution in [0.5, 0.6) is 0 Å². The molecule has 4 heteroatoms. The van der Waals surface area contributed by atoms with Gasteiger partial charge in [0.1, 0.15) is 10.4 Å². The smallest absolute Gasteiger partial charge is 0.110 e. The van der Waals surface area contributed by atoms with Crippen LogP contribution >= 0.6 is 15.9 Å². The first kappa shape index (κ1) is 9.85. The highest BCUT2D eigenvalue weighted by Crippen LogP contribution is 2.44. The van der Waals surface area contributed by atoms with Gasteiger partial charge in [0.2, 0.25) is 0 Å². The SMILES string of the molecule is Cc1nc2n(c1Br)CCC(C1(N)CC1)C2. The van der Waals surface area contributed by atoms with Gasteiger partial charge in [-0.2, -0.15) is 0 Å². The van der Waals surface area contributed by atoms with Gasteiger partial charge in [0.25, 0.3) is 0 Å². The molecule has 0 spiro atoms. The monoisotopic (exact) mass is 269 g/mol. The molecule has 2 heterocycles. The third kappa shape index (κ3) is 1.46. The molecule has 3 rings (SSSR count). The van der Waals surface area contributed by atoms with E-state index in [9.17, 15) is 0 Å². The van der Waals surface area contributed by atoms with Crippen LogP contribution in [-0.2, 0) is 13.0 Å². The molecule has 1 fully saturated rings. The summed E-state index contributed by atoms with van der Waals surface area (Å²) in [6.07, 6.45) is 4.68. The molecule has 2 N–H and O–H groups in total. The van der Waals surface area contributed by atoms with E-state index in [4.69, 9.17) is 5.73 Å². The van der Waals surface area contributed by atoms with E-state index in [0.29, 0.717) is 5.92 Å². The van der Waals surface area contributed by atoms with Crippen LogP contribution in [0.4, 0.5) is 0 Å². The zero-order valence-corrected chi connectivity index (χ0v) is 10.5. The molecule has 15 heavy (non-hydrogen) atoms. The van der Waals surface area contributed by atoms with Crippen molar-refractivity contribution in [3.63, 3.8) is 0 Å². The summed E-state index contributed by atoms with van der Waals surface area (Å²) in [6, 6.07) is 0. The molecule has 0 amide bonds. The lowest BCUT2D eigenvalue weighted by Gasteiger charge is -2.28. The molecule has 1 saturated carbocycles. The van der Waals surface area contributed by atoms with Gasteiger partial charge in [0.15, 0.2) is 0 Å². The van der Waals surface area contributed by atoms with Gasteiger partial charge in [0, 0.05) is 18.5 Å². The van der Waals surface area contributed by atoms with Crippen molar-refractivity contribution in [3.8, 4) is 0 Å². The molecular formula is C11H16BrN3. The van der Waals surface area contributed by atoms with Crippen LogP contribution in [0.1, 0.15) is 30.8 Å². The number of imidazole rings is 1. The Labute approximate surface area is 98.2 Å². The molecule has 1 atom stereocenters. The molecule has 1 aliphatic heterocycles. The van der Waals surface area contributed by atoms with Crippen LogP contribution in [0.2, 0.25) is 0 Å². The summed E-state index contributed by atoms with van der Waals surface area (Å²) in [5.41, 5.74) is 7.53. The Bertz CT molecular complexity index is 406. The summed E-state index contributed by atoms with van der Waals surface area (Å²) in [6.45, 7) is 3.13. The summed E-state index contributed by atoms with van der Waals surface area (Å²) < 4.78 is 3.44. The normalized spacial score (nSPS) is 27.5. The van der Waals surface area contributed by atoms with E-state index in [-0.39, 0.29) is 5.54 Å². The molecule has 0 bridgehead atoms. The van der Waals surface area contributed by atoms with E-state index in [1.807, 2.05) is 0 Å². The van der Waals surface area contributed by atoms with Crippen LogP contribution in [0.15, 0.2) is 4.60 Å². The van der Waals surface area contributed by atoms with Gasteiger partial charge >= 0.3 is 0 Å². The molecule has 1 aliphatic carbocycles. The molecule has 1 unspecified atom stereocenters. The fourth-order valence-electron chi connectivity index (χ4n) is 2.64. The van der Waals surface area contributed by atoms with Crippen molar-refractivity contribution in [1.82, 2.24) is 9.55 Å². The van der Waals surface area contributed by atoms with Crippen molar-refractivity contribution in [3.05, 3.63) is 16.1 Å². The second-order valence-corrected chi connectivity index (χ2v) is 5.73. The fraction of sp³-hybridized carbons (Fsp3) is 0.727. The predicted octanol–water partition coefficient (Wildman–Crippen LogP) is 2.01. The highest BCUT2D eigenvalue weighted by molar-refractivity contribution is 9.10. The summed E-state index contributed by atoms with van der Waals surface area (Å²) in [4.78, 5) is 4.60. The largest absolute Gasteiger partial charge is 0.325 e. The van der Waals surface area contributed by atoms with Gasteiger partial charge in [-0.15, -0.1) is 0 Å². The highest BCUT2D eigenvalue weighted by atomic mass is 79.9. The van der Waals surface area contributed by atoms with Crippen molar-refractivity contribution in [2.45, 2.75) is 44.7 Å². The van der Waals surface area contributed by atoms with E-state index in [1.54, 1.807) is 0 Å². The number of hydrogen-bond acceptors (Lipinski definition) is 2. The van der Waals surface area contributed by atoms with Crippen LogP contribution in [0, 0.1) is 12.8 Å². The maximum absolute atomic E-state index is 6.27. The van der Waals surface area contributed by atoms with E-state index in [0.717, 1.165) is 23.3 Å². The number of rotatable bonds is 1. The summed E-state index contributed by atoms with van der Waals surface area (Å²) in [7, 11) is 0. The highest BCUT2D eigenvalue weighted by Gasteiger charge is 2.46. The number of halogens is 1. The Morgan fingerprint density at radius 1 is 1.53 bits per heavy atom. The Balaban J connectivity index is 1.90. The van der Waals surface area contributed by atoms with Crippen LogP contribution in [0.25, 0.3) is 0 Å². The summed E-state index contributed by atoms with van der Waals surface area (Å²) >= 11 is 3.59. The molecule has 82 valence electrons. The molecule has 0 aromatic carbocycles. The Morgan fingerprint density at radius 3 is 2.93 bits per heavy atom. The van der Waals surface area contributed by atoms with E-state index < -0.39 is 0 Å². The number of fused-ring (bicyclic) bond motifs is 1. The average molecular weight is 270 g/mol. The van der Waals surface area contributed by atoms with Gasteiger partial charge in [0.05, 0.1) is 5.69 Å². The third-order valence-corrected chi connectivity index (χ3v) is 4.92. The second kappa shape index (κ2) is 3.08. The minimum absolute atomic E-state index is 0.150. The molecule has 1 aromatic rings. The van der Waals surface area contributed by atoms with Gasteiger partial charge in [-0.25, -0.2) is 4.98 Å². The Hall–Kier alpha value is -0.350. The van der Waals surface area contributed by atoms with Gasteiger partial charge in [-0.1, -0.05) is 0 Å². The lowest BCUT2D eigenvalue weighted by Crippen LogP contribution is -2.37. The van der Waals surface area contributed by atoms with E-state index in [2.05, 4.69) is 32.4 Å². The predicted molar refractivity (Wildman–Crippen MR) is 62.6 cm³/mol. The first-order valence-electron chi connectivity index (χ1n) is 5.60. The van der Waals surface area contributed by atoms with Gasteiger partial charge in [-0.3, -0.25) is 0 Å². The van der Waals surface area contributed by atoms with Gasteiger partial charge < -0.3 is 10.3 Å². The maximum atomic E-state index is 6.27. The quantitative estimate of drug-likeness (QED) is 0.848. The minimum Gasteiger partial charge on any atom is -0.325 e. The summed E-state index contributed by atoms with van der Waals surface area (Å²) in [5.74, 6) is 1.87. The molecule has 0 radical (unpaired) electrons. The number of aryl methyl sites for hydroxylation is 1.